The summed E-state index contributed by atoms with van der Waals surface area (Å²) < 4.78 is 0. The van der Waals surface area contributed by atoms with Crippen LogP contribution in [0.5, 0.6) is 0 Å². The lowest BCUT2D eigenvalue weighted by atomic mass is 10.2. The summed E-state index contributed by atoms with van der Waals surface area (Å²) in [4.78, 5) is 6.01. The van der Waals surface area contributed by atoms with E-state index in [1.807, 2.05) is 12.1 Å². The minimum Gasteiger partial charge on any atom is -0.387 e. The summed E-state index contributed by atoms with van der Waals surface area (Å²) in [6, 6.07) is 9.03. The maximum atomic E-state index is 9.38. The Kier molecular flexibility index (Phi) is 4.51. The number of rotatable bonds is 3. The molecule has 5 heteroatoms. The number of nitrogens with zero attached hydrogens (tertiary/aromatic N) is 1. The van der Waals surface area contributed by atoms with E-state index in [-0.39, 0.29) is 0 Å². The van der Waals surface area contributed by atoms with E-state index in [0.29, 0.717) is 15.7 Å². The van der Waals surface area contributed by atoms with Crippen LogP contribution in [0.1, 0.15) is 18.7 Å². The van der Waals surface area contributed by atoms with Gasteiger partial charge in [0.05, 0.1) is 16.8 Å². The van der Waals surface area contributed by atoms with Gasteiger partial charge >= 0.3 is 0 Å². The van der Waals surface area contributed by atoms with Crippen molar-refractivity contribution < 1.29 is 5.11 Å². The van der Waals surface area contributed by atoms with Gasteiger partial charge in [-0.2, -0.15) is 0 Å². The van der Waals surface area contributed by atoms with Crippen LogP contribution in [-0.2, 0) is 0 Å². The second-order valence-corrected chi connectivity index (χ2v) is 5.73. The number of aromatic nitrogens is 1. The van der Waals surface area contributed by atoms with Gasteiger partial charge in [0.2, 0.25) is 0 Å². The van der Waals surface area contributed by atoms with Crippen LogP contribution in [0, 0.1) is 0 Å². The van der Waals surface area contributed by atoms with Crippen molar-refractivity contribution in [3.05, 3.63) is 52.3 Å². The molecular formula is C13H11Cl2NOS. The number of aliphatic hydroxyl groups excluding tert-OH is 1. The Morgan fingerprint density at radius 3 is 2.61 bits per heavy atom. The normalized spacial score (nSPS) is 12.4. The Balaban J connectivity index is 2.21. The van der Waals surface area contributed by atoms with Gasteiger partial charge in [-0.05, 0) is 37.3 Å². The van der Waals surface area contributed by atoms with Crippen molar-refractivity contribution in [1.29, 1.82) is 0 Å². The van der Waals surface area contributed by atoms with E-state index < -0.39 is 6.10 Å². The summed E-state index contributed by atoms with van der Waals surface area (Å²) in [5.74, 6) is 0. The molecule has 1 heterocycles. The molecule has 0 amide bonds. The van der Waals surface area contributed by atoms with Crippen LogP contribution in [0.4, 0.5) is 0 Å². The second kappa shape index (κ2) is 5.93. The third-order valence-corrected chi connectivity index (χ3v) is 4.02. The van der Waals surface area contributed by atoms with Crippen molar-refractivity contribution in [1.82, 2.24) is 4.98 Å². The molecule has 1 atom stereocenters. The highest BCUT2D eigenvalue weighted by Crippen LogP contribution is 2.34. The number of hydrogen-bond donors (Lipinski definition) is 1. The van der Waals surface area contributed by atoms with E-state index in [4.69, 9.17) is 23.2 Å². The molecule has 94 valence electrons. The smallest absolute Gasteiger partial charge is 0.0931 e. The first-order valence-corrected chi connectivity index (χ1v) is 6.90. The summed E-state index contributed by atoms with van der Waals surface area (Å²) >= 11 is 13.5. The maximum absolute atomic E-state index is 9.38. The highest BCUT2D eigenvalue weighted by molar-refractivity contribution is 7.99. The van der Waals surface area contributed by atoms with Crippen LogP contribution in [0.25, 0.3) is 0 Å². The van der Waals surface area contributed by atoms with Gasteiger partial charge in [-0.25, -0.2) is 0 Å². The van der Waals surface area contributed by atoms with E-state index in [9.17, 15) is 5.11 Å². The van der Waals surface area contributed by atoms with Gasteiger partial charge in [0.1, 0.15) is 0 Å². The minimum absolute atomic E-state index is 0.557. The second-order valence-electron chi connectivity index (χ2n) is 3.77. The molecule has 0 saturated carbocycles. The van der Waals surface area contributed by atoms with E-state index in [0.717, 1.165) is 9.79 Å². The van der Waals surface area contributed by atoms with E-state index >= 15 is 0 Å². The Labute approximate surface area is 120 Å². The maximum Gasteiger partial charge on any atom is 0.0931 e. The lowest BCUT2D eigenvalue weighted by molar-refractivity contribution is 0.194. The molecule has 2 nitrogen and oxygen atoms in total. The topological polar surface area (TPSA) is 33.1 Å². The molecule has 18 heavy (non-hydrogen) atoms. The van der Waals surface area contributed by atoms with Gasteiger partial charge < -0.3 is 5.11 Å². The highest BCUT2D eigenvalue weighted by atomic mass is 35.5. The summed E-state index contributed by atoms with van der Waals surface area (Å²) in [7, 11) is 0. The monoisotopic (exact) mass is 299 g/mol. The van der Waals surface area contributed by atoms with Crippen LogP contribution in [0.2, 0.25) is 10.0 Å². The molecule has 1 N–H and O–H groups in total. The lowest BCUT2D eigenvalue weighted by Gasteiger charge is -2.06. The summed E-state index contributed by atoms with van der Waals surface area (Å²) in [5, 5.41) is 10.7. The summed E-state index contributed by atoms with van der Waals surface area (Å²) in [5.41, 5.74) is 0.650. The molecule has 1 aromatic heterocycles. The van der Waals surface area contributed by atoms with E-state index in [1.54, 1.807) is 31.3 Å². The first-order valence-electron chi connectivity index (χ1n) is 5.33. The van der Waals surface area contributed by atoms with Crippen molar-refractivity contribution in [2.24, 2.45) is 0 Å². The Morgan fingerprint density at radius 1 is 1.22 bits per heavy atom. The highest BCUT2D eigenvalue weighted by Gasteiger charge is 2.06. The molecule has 0 bridgehead atoms. The van der Waals surface area contributed by atoms with Gasteiger partial charge in [0.25, 0.3) is 0 Å². The number of pyridine rings is 1. The van der Waals surface area contributed by atoms with E-state index in [2.05, 4.69) is 4.98 Å². The predicted octanol–water partition coefficient (Wildman–Crippen LogP) is 4.59. The first-order chi connectivity index (χ1) is 8.56. The molecule has 0 aliphatic heterocycles. The zero-order chi connectivity index (χ0) is 13.1. The van der Waals surface area contributed by atoms with Crippen LogP contribution >= 0.6 is 35.0 Å². The fourth-order valence-corrected chi connectivity index (χ4v) is 2.70. The fourth-order valence-electron chi connectivity index (χ4n) is 1.38. The molecule has 0 fully saturated rings. The fraction of sp³-hybridized carbons (Fsp3) is 0.154. The number of benzene rings is 1. The van der Waals surface area contributed by atoms with Gasteiger partial charge in [-0.1, -0.05) is 35.0 Å². The molecule has 2 rings (SSSR count). The average molecular weight is 300 g/mol. The molecule has 0 radical (unpaired) electrons. The predicted molar refractivity (Wildman–Crippen MR) is 75.5 cm³/mol. The van der Waals surface area contributed by atoms with Crippen LogP contribution in [-0.4, -0.2) is 10.1 Å². The molecule has 2 aromatic rings. The van der Waals surface area contributed by atoms with Crippen LogP contribution < -0.4 is 0 Å². The molecule has 0 saturated heterocycles. The lowest BCUT2D eigenvalue weighted by Crippen LogP contribution is -1.94. The number of halogens is 2. The molecule has 0 spiro atoms. The quantitative estimate of drug-likeness (QED) is 0.899. The number of hydrogen-bond acceptors (Lipinski definition) is 3. The van der Waals surface area contributed by atoms with Crippen molar-refractivity contribution in [2.75, 3.05) is 0 Å². The van der Waals surface area contributed by atoms with Gasteiger partial charge in [-0.15, -0.1) is 0 Å². The number of aliphatic hydroxyl groups is 1. The van der Waals surface area contributed by atoms with Gasteiger partial charge in [0.15, 0.2) is 0 Å². The van der Waals surface area contributed by atoms with Crippen molar-refractivity contribution in [2.45, 2.75) is 22.8 Å². The summed E-state index contributed by atoms with van der Waals surface area (Å²) in [6.45, 7) is 1.68. The van der Waals surface area contributed by atoms with E-state index in [1.165, 1.54) is 11.8 Å². The Morgan fingerprint density at radius 2 is 2.00 bits per heavy atom. The van der Waals surface area contributed by atoms with Crippen LogP contribution in [0.15, 0.2) is 46.3 Å². The Bertz CT molecular complexity index is 543. The largest absolute Gasteiger partial charge is 0.387 e. The average Bonchev–Trinajstić information content (AvgIpc) is 2.34. The zero-order valence-electron chi connectivity index (χ0n) is 9.60. The summed E-state index contributed by atoms with van der Waals surface area (Å²) in [6.07, 6.45) is 1.16. The Hall–Kier alpha value is -0.740. The molecule has 1 aromatic carbocycles. The minimum atomic E-state index is -0.557. The third kappa shape index (κ3) is 3.39. The zero-order valence-corrected chi connectivity index (χ0v) is 11.9. The van der Waals surface area contributed by atoms with Crippen LogP contribution in [0.3, 0.4) is 0 Å². The van der Waals surface area contributed by atoms with Gasteiger partial charge in [0, 0.05) is 21.0 Å². The van der Waals surface area contributed by atoms with Crippen molar-refractivity contribution >= 4 is 35.0 Å². The van der Waals surface area contributed by atoms with Crippen molar-refractivity contribution in [3.63, 3.8) is 0 Å². The first kappa shape index (κ1) is 13.7. The van der Waals surface area contributed by atoms with Crippen molar-refractivity contribution in [3.8, 4) is 0 Å². The third-order valence-electron chi connectivity index (χ3n) is 2.31. The molecule has 1 unspecified atom stereocenters. The molecule has 0 aliphatic rings. The standard InChI is InChI=1S/C13H11Cl2NOS/c1-8(17)12-5-3-10(7-16-12)18-13-6-9(14)2-4-11(13)15/h2-8,17H,1H3. The molecule has 0 aliphatic carbocycles. The molecular weight excluding hydrogens is 289 g/mol. The van der Waals surface area contributed by atoms with Gasteiger partial charge in [-0.3, -0.25) is 4.98 Å². The SMILES string of the molecule is CC(O)c1ccc(Sc2cc(Cl)ccc2Cl)cn1.